The van der Waals surface area contributed by atoms with Gasteiger partial charge in [0.2, 0.25) is 11.7 Å². The molecule has 0 bridgehead atoms. The first-order valence-corrected chi connectivity index (χ1v) is 8.82. The van der Waals surface area contributed by atoms with Crippen LogP contribution in [0.1, 0.15) is 5.56 Å². The van der Waals surface area contributed by atoms with Crippen molar-refractivity contribution in [3.63, 3.8) is 0 Å². The van der Waals surface area contributed by atoms with E-state index in [4.69, 9.17) is 11.6 Å². The summed E-state index contributed by atoms with van der Waals surface area (Å²) in [6, 6.07) is 15.1. The molecule has 8 heteroatoms. The Balaban J connectivity index is 1.49. The summed E-state index contributed by atoms with van der Waals surface area (Å²) >= 11 is 9.22. The van der Waals surface area contributed by atoms with Crippen molar-refractivity contribution >= 4 is 33.4 Å². The zero-order valence-corrected chi connectivity index (χ0v) is 15.5. The molecule has 0 aliphatic carbocycles. The number of hydrogen-bond acceptors (Lipinski definition) is 4. The predicted octanol–water partition coefficient (Wildman–Crippen LogP) is 3.11. The van der Waals surface area contributed by atoms with Gasteiger partial charge in [-0.3, -0.25) is 4.79 Å². The fourth-order valence-electron chi connectivity index (χ4n) is 2.21. The summed E-state index contributed by atoms with van der Waals surface area (Å²) in [7, 11) is 0. The average molecular weight is 421 g/mol. The van der Waals surface area contributed by atoms with E-state index in [2.05, 4.69) is 36.7 Å². The van der Waals surface area contributed by atoms with Crippen LogP contribution >= 0.6 is 27.5 Å². The van der Waals surface area contributed by atoms with Crippen molar-refractivity contribution in [3.05, 3.63) is 63.6 Å². The number of nitrogens with one attached hydrogen (secondary N) is 1. The fourth-order valence-corrected chi connectivity index (χ4v) is 2.60. The zero-order valence-electron chi connectivity index (χ0n) is 13.2. The van der Waals surface area contributed by atoms with E-state index in [0.717, 1.165) is 22.0 Å². The van der Waals surface area contributed by atoms with Crippen LogP contribution < -0.4 is 5.32 Å². The van der Waals surface area contributed by atoms with Gasteiger partial charge in [0.15, 0.2) is 0 Å². The molecule has 0 saturated carbocycles. The lowest BCUT2D eigenvalue weighted by molar-refractivity contribution is -0.122. The molecule has 3 rings (SSSR count). The van der Waals surface area contributed by atoms with Crippen LogP contribution in [0.5, 0.6) is 0 Å². The number of aromatic nitrogens is 4. The normalized spacial score (nSPS) is 10.6. The van der Waals surface area contributed by atoms with Crippen molar-refractivity contribution in [3.8, 4) is 11.4 Å². The third-order valence-corrected chi connectivity index (χ3v) is 4.27. The second-order valence-electron chi connectivity index (χ2n) is 5.38. The van der Waals surface area contributed by atoms with Gasteiger partial charge in [0.1, 0.15) is 6.54 Å². The topological polar surface area (TPSA) is 72.7 Å². The van der Waals surface area contributed by atoms with E-state index in [0.29, 0.717) is 17.4 Å². The summed E-state index contributed by atoms with van der Waals surface area (Å²) in [5, 5.41) is 15.7. The minimum atomic E-state index is -0.159. The molecule has 1 aromatic heterocycles. The van der Waals surface area contributed by atoms with Crippen molar-refractivity contribution < 1.29 is 4.79 Å². The monoisotopic (exact) mass is 419 g/mol. The Morgan fingerprint density at radius 3 is 2.56 bits per heavy atom. The molecular weight excluding hydrogens is 406 g/mol. The van der Waals surface area contributed by atoms with Crippen LogP contribution in [0.25, 0.3) is 11.4 Å². The van der Waals surface area contributed by atoms with E-state index in [-0.39, 0.29) is 12.5 Å². The number of halogens is 2. The quantitative estimate of drug-likeness (QED) is 0.665. The highest BCUT2D eigenvalue weighted by Gasteiger charge is 2.09. The highest BCUT2D eigenvalue weighted by Crippen LogP contribution is 2.17. The molecule has 0 aliphatic rings. The number of hydrogen-bond donors (Lipinski definition) is 1. The van der Waals surface area contributed by atoms with Crippen LogP contribution in [-0.2, 0) is 17.8 Å². The van der Waals surface area contributed by atoms with E-state index in [1.807, 2.05) is 48.5 Å². The Kier molecular flexibility index (Phi) is 5.78. The molecule has 1 N–H and O–H groups in total. The number of nitrogens with zero attached hydrogens (tertiary/aromatic N) is 4. The van der Waals surface area contributed by atoms with Crippen molar-refractivity contribution in [1.82, 2.24) is 25.5 Å². The van der Waals surface area contributed by atoms with E-state index in [1.165, 1.54) is 4.80 Å². The van der Waals surface area contributed by atoms with Crippen LogP contribution in [0.4, 0.5) is 0 Å². The Morgan fingerprint density at radius 2 is 1.84 bits per heavy atom. The van der Waals surface area contributed by atoms with Gasteiger partial charge in [-0.25, -0.2) is 0 Å². The Morgan fingerprint density at radius 1 is 1.12 bits per heavy atom. The lowest BCUT2D eigenvalue weighted by Crippen LogP contribution is -2.30. The molecule has 1 heterocycles. The third kappa shape index (κ3) is 5.11. The number of rotatable bonds is 6. The molecule has 3 aromatic rings. The minimum Gasteiger partial charge on any atom is -0.354 e. The molecule has 128 valence electrons. The molecule has 2 aromatic carbocycles. The van der Waals surface area contributed by atoms with Gasteiger partial charge in [0.05, 0.1) is 0 Å². The van der Waals surface area contributed by atoms with Crippen molar-refractivity contribution in [1.29, 1.82) is 0 Å². The van der Waals surface area contributed by atoms with Gasteiger partial charge in [0.25, 0.3) is 0 Å². The van der Waals surface area contributed by atoms with Crippen LogP contribution in [0.2, 0.25) is 5.02 Å². The maximum atomic E-state index is 12.0. The van der Waals surface area contributed by atoms with E-state index in [1.54, 1.807) is 0 Å². The Hall–Kier alpha value is -2.25. The van der Waals surface area contributed by atoms with E-state index in [9.17, 15) is 4.79 Å². The van der Waals surface area contributed by atoms with Crippen molar-refractivity contribution in [2.24, 2.45) is 0 Å². The summed E-state index contributed by atoms with van der Waals surface area (Å²) in [5.41, 5.74) is 1.96. The van der Waals surface area contributed by atoms with E-state index < -0.39 is 0 Å². The summed E-state index contributed by atoms with van der Waals surface area (Å²) in [6.45, 7) is 0.568. The number of benzene rings is 2. The number of tetrazole rings is 1. The van der Waals surface area contributed by atoms with Crippen LogP contribution in [-0.4, -0.2) is 32.7 Å². The van der Waals surface area contributed by atoms with Crippen molar-refractivity contribution in [2.75, 3.05) is 6.54 Å². The molecule has 0 aliphatic heterocycles. The Labute approximate surface area is 158 Å². The molecule has 1 amide bonds. The van der Waals surface area contributed by atoms with Gasteiger partial charge in [-0.2, -0.15) is 4.80 Å². The van der Waals surface area contributed by atoms with Crippen LogP contribution in [0.15, 0.2) is 53.0 Å². The second kappa shape index (κ2) is 8.22. The lowest BCUT2D eigenvalue weighted by Gasteiger charge is -2.04. The molecule has 6 nitrogen and oxygen atoms in total. The molecule has 0 spiro atoms. The number of amides is 1. The highest BCUT2D eigenvalue weighted by molar-refractivity contribution is 9.10. The smallest absolute Gasteiger partial charge is 0.243 e. The molecule has 0 fully saturated rings. The SMILES string of the molecule is O=C(Cn1nnc(-c2ccc(Br)cc2)n1)NCCc1ccc(Cl)cc1. The van der Waals surface area contributed by atoms with Crippen LogP contribution in [0, 0.1) is 0 Å². The van der Waals surface area contributed by atoms with Gasteiger partial charge in [-0.1, -0.05) is 39.7 Å². The second-order valence-corrected chi connectivity index (χ2v) is 6.73. The maximum absolute atomic E-state index is 12.0. The van der Waals surface area contributed by atoms with Gasteiger partial charge >= 0.3 is 0 Å². The van der Waals surface area contributed by atoms with Gasteiger partial charge in [0, 0.05) is 21.6 Å². The van der Waals surface area contributed by atoms with Crippen LogP contribution in [0.3, 0.4) is 0 Å². The van der Waals surface area contributed by atoms with Gasteiger partial charge in [-0.15, -0.1) is 10.2 Å². The lowest BCUT2D eigenvalue weighted by atomic mass is 10.1. The first-order valence-electron chi connectivity index (χ1n) is 7.65. The standard InChI is InChI=1S/C17H15BrClN5O/c18-14-5-3-13(4-6-14)17-21-23-24(22-17)11-16(25)20-10-9-12-1-7-15(19)8-2-12/h1-8H,9-11H2,(H,20,25). The molecular formula is C17H15BrClN5O. The van der Waals surface area contributed by atoms with Gasteiger partial charge in [-0.05, 0) is 53.6 Å². The van der Waals surface area contributed by atoms with Crippen molar-refractivity contribution in [2.45, 2.75) is 13.0 Å². The Bertz CT molecular complexity index is 848. The summed E-state index contributed by atoms with van der Waals surface area (Å²) in [4.78, 5) is 13.3. The zero-order chi connectivity index (χ0) is 17.6. The summed E-state index contributed by atoms with van der Waals surface area (Å²) in [6.07, 6.45) is 0.734. The highest BCUT2D eigenvalue weighted by atomic mass is 79.9. The third-order valence-electron chi connectivity index (χ3n) is 3.49. The molecule has 0 atom stereocenters. The summed E-state index contributed by atoms with van der Waals surface area (Å²) < 4.78 is 0.976. The largest absolute Gasteiger partial charge is 0.354 e. The number of carbonyl (C=O) groups is 1. The predicted molar refractivity (Wildman–Crippen MR) is 99.1 cm³/mol. The number of carbonyl (C=O) groups excluding carboxylic acids is 1. The average Bonchev–Trinajstić information content (AvgIpc) is 3.06. The van der Waals surface area contributed by atoms with E-state index >= 15 is 0 Å². The molecule has 25 heavy (non-hydrogen) atoms. The fraction of sp³-hybridized carbons (Fsp3) is 0.176. The summed E-state index contributed by atoms with van der Waals surface area (Å²) in [5.74, 6) is 0.329. The molecule has 0 unspecified atom stereocenters. The first kappa shape index (κ1) is 17.6. The minimum absolute atomic E-state index is 0.0319. The first-order chi connectivity index (χ1) is 12.1. The van der Waals surface area contributed by atoms with Gasteiger partial charge < -0.3 is 5.32 Å². The molecule has 0 saturated heterocycles. The maximum Gasteiger partial charge on any atom is 0.243 e. The molecule has 0 radical (unpaired) electrons.